The molecule has 1 aliphatic carbocycles. The van der Waals surface area contributed by atoms with E-state index in [1.165, 1.54) is 0 Å². The van der Waals surface area contributed by atoms with Crippen molar-refractivity contribution in [3.05, 3.63) is 47.3 Å². The molecule has 1 aliphatic rings. The third-order valence-corrected chi connectivity index (χ3v) is 4.66. The molecule has 1 amide bonds. The van der Waals surface area contributed by atoms with Crippen LogP contribution >= 0.6 is 0 Å². The van der Waals surface area contributed by atoms with Crippen LogP contribution in [0.25, 0.3) is 5.69 Å². The molecule has 2 aromatic rings. The molecule has 0 radical (unpaired) electrons. The Morgan fingerprint density at radius 2 is 2.04 bits per heavy atom. The average molecular weight is 312 g/mol. The molecule has 1 saturated carbocycles. The molecular weight excluding hydrogens is 288 g/mol. The van der Waals surface area contributed by atoms with Crippen LogP contribution in [0.1, 0.15) is 41.0 Å². The number of benzene rings is 1. The summed E-state index contributed by atoms with van der Waals surface area (Å²) < 4.78 is 1.89. The van der Waals surface area contributed by atoms with Gasteiger partial charge in [-0.3, -0.25) is 4.79 Å². The predicted octanol–water partition coefficient (Wildman–Crippen LogP) is 2.35. The van der Waals surface area contributed by atoms with Crippen molar-refractivity contribution in [2.24, 2.45) is 11.7 Å². The maximum atomic E-state index is 12.4. The van der Waals surface area contributed by atoms with Gasteiger partial charge in [-0.2, -0.15) is 5.10 Å². The molecule has 122 valence electrons. The monoisotopic (exact) mass is 312 g/mol. The maximum absolute atomic E-state index is 12.4. The van der Waals surface area contributed by atoms with Crippen LogP contribution in [0.3, 0.4) is 0 Å². The van der Waals surface area contributed by atoms with Crippen LogP contribution in [0, 0.1) is 19.8 Å². The molecule has 3 rings (SSSR count). The van der Waals surface area contributed by atoms with E-state index in [2.05, 4.69) is 10.4 Å². The summed E-state index contributed by atoms with van der Waals surface area (Å²) >= 11 is 0. The number of amides is 1. The van der Waals surface area contributed by atoms with Crippen molar-refractivity contribution < 1.29 is 4.79 Å². The van der Waals surface area contributed by atoms with Crippen molar-refractivity contribution in [2.75, 3.05) is 6.54 Å². The normalized spacial score (nSPS) is 20.7. The van der Waals surface area contributed by atoms with Crippen molar-refractivity contribution in [3.63, 3.8) is 0 Å². The molecule has 23 heavy (non-hydrogen) atoms. The summed E-state index contributed by atoms with van der Waals surface area (Å²) in [6.07, 6.45) is 3.28. The van der Waals surface area contributed by atoms with Gasteiger partial charge in [-0.05, 0) is 69.5 Å². The van der Waals surface area contributed by atoms with Gasteiger partial charge in [0.2, 0.25) is 0 Å². The summed E-state index contributed by atoms with van der Waals surface area (Å²) in [6, 6.07) is 9.82. The number of hydrogen-bond acceptors (Lipinski definition) is 3. The smallest absolute Gasteiger partial charge is 0.251 e. The van der Waals surface area contributed by atoms with Crippen LogP contribution in [0.15, 0.2) is 30.3 Å². The van der Waals surface area contributed by atoms with E-state index >= 15 is 0 Å². The van der Waals surface area contributed by atoms with E-state index < -0.39 is 0 Å². The number of nitrogens with two attached hydrogens (primary N) is 1. The molecular formula is C18H24N4O. The SMILES string of the molecule is Cc1cc(C)n(-c2ccc(C(=O)NC3CCCC3CN)cc2)n1. The highest BCUT2D eigenvalue weighted by Gasteiger charge is 2.27. The lowest BCUT2D eigenvalue weighted by Crippen LogP contribution is -2.39. The first-order valence-corrected chi connectivity index (χ1v) is 8.23. The second kappa shape index (κ2) is 6.54. The lowest BCUT2D eigenvalue weighted by molar-refractivity contribution is 0.0929. The maximum Gasteiger partial charge on any atom is 0.251 e. The van der Waals surface area contributed by atoms with Crippen LogP contribution in [-0.4, -0.2) is 28.3 Å². The second-order valence-corrected chi connectivity index (χ2v) is 6.39. The highest BCUT2D eigenvalue weighted by Crippen LogP contribution is 2.25. The van der Waals surface area contributed by atoms with Gasteiger partial charge in [0.15, 0.2) is 0 Å². The van der Waals surface area contributed by atoms with E-state index in [-0.39, 0.29) is 11.9 Å². The first-order valence-electron chi connectivity index (χ1n) is 8.23. The Hall–Kier alpha value is -2.14. The van der Waals surface area contributed by atoms with Crippen LogP contribution in [0.4, 0.5) is 0 Å². The van der Waals surface area contributed by atoms with Crippen LogP contribution < -0.4 is 11.1 Å². The Morgan fingerprint density at radius 1 is 1.30 bits per heavy atom. The third kappa shape index (κ3) is 3.29. The van der Waals surface area contributed by atoms with Crippen LogP contribution in [0.5, 0.6) is 0 Å². The topological polar surface area (TPSA) is 72.9 Å². The minimum absolute atomic E-state index is 0.0183. The molecule has 0 bridgehead atoms. The first-order chi connectivity index (χ1) is 11.1. The number of carbonyl (C=O) groups excluding carboxylic acids is 1. The number of nitrogens with one attached hydrogen (secondary N) is 1. The minimum Gasteiger partial charge on any atom is -0.349 e. The molecule has 1 heterocycles. The molecule has 2 unspecified atom stereocenters. The molecule has 5 heteroatoms. The van der Waals surface area contributed by atoms with Crippen LogP contribution in [0.2, 0.25) is 0 Å². The Kier molecular flexibility index (Phi) is 4.48. The Bertz CT molecular complexity index is 690. The number of aromatic nitrogens is 2. The van der Waals surface area contributed by atoms with Crippen LogP contribution in [-0.2, 0) is 0 Å². The van der Waals surface area contributed by atoms with Gasteiger partial charge in [0, 0.05) is 17.3 Å². The van der Waals surface area contributed by atoms with Crippen molar-refractivity contribution >= 4 is 5.91 Å². The second-order valence-electron chi connectivity index (χ2n) is 6.39. The van der Waals surface area contributed by atoms with E-state index in [1.807, 2.05) is 48.9 Å². The largest absolute Gasteiger partial charge is 0.349 e. The molecule has 5 nitrogen and oxygen atoms in total. The highest BCUT2D eigenvalue weighted by atomic mass is 16.1. The zero-order valence-electron chi connectivity index (χ0n) is 13.7. The number of hydrogen-bond donors (Lipinski definition) is 2. The fourth-order valence-corrected chi connectivity index (χ4v) is 3.40. The zero-order valence-corrected chi connectivity index (χ0v) is 13.7. The zero-order chi connectivity index (χ0) is 16.4. The molecule has 0 spiro atoms. The number of carbonyl (C=O) groups is 1. The fourth-order valence-electron chi connectivity index (χ4n) is 3.40. The molecule has 3 N–H and O–H groups in total. The average Bonchev–Trinajstić information content (AvgIpc) is 3.13. The summed E-state index contributed by atoms with van der Waals surface area (Å²) in [5, 5.41) is 7.59. The van der Waals surface area contributed by atoms with Gasteiger partial charge in [-0.15, -0.1) is 0 Å². The third-order valence-electron chi connectivity index (χ3n) is 4.66. The van der Waals surface area contributed by atoms with Gasteiger partial charge in [0.25, 0.3) is 5.91 Å². The van der Waals surface area contributed by atoms with E-state index in [0.29, 0.717) is 18.0 Å². The van der Waals surface area contributed by atoms with Gasteiger partial charge in [0.1, 0.15) is 0 Å². The fraction of sp³-hybridized carbons (Fsp3) is 0.444. The van der Waals surface area contributed by atoms with Gasteiger partial charge < -0.3 is 11.1 Å². The van der Waals surface area contributed by atoms with Crippen molar-refractivity contribution in [3.8, 4) is 5.69 Å². The number of rotatable bonds is 4. The van der Waals surface area contributed by atoms with Crippen molar-refractivity contribution in [2.45, 2.75) is 39.2 Å². The van der Waals surface area contributed by atoms with Crippen molar-refractivity contribution in [1.82, 2.24) is 15.1 Å². The van der Waals surface area contributed by atoms with E-state index in [0.717, 1.165) is 36.3 Å². The van der Waals surface area contributed by atoms with Crippen molar-refractivity contribution in [1.29, 1.82) is 0 Å². The number of nitrogens with zero attached hydrogens (tertiary/aromatic N) is 2. The Labute approximate surface area is 136 Å². The van der Waals surface area contributed by atoms with E-state index in [9.17, 15) is 4.79 Å². The summed E-state index contributed by atoms with van der Waals surface area (Å²) in [7, 11) is 0. The summed E-state index contributed by atoms with van der Waals surface area (Å²) in [5.74, 6) is 0.392. The summed E-state index contributed by atoms with van der Waals surface area (Å²) in [5.41, 5.74) is 9.49. The summed E-state index contributed by atoms with van der Waals surface area (Å²) in [6.45, 7) is 4.64. The summed E-state index contributed by atoms with van der Waals surface area (Å²) in [4.78, 5) is 12.4. The van der Waals surface area contributed by atoms with Gasteiger partial charge >= 0.3 is 0 Å². The lowest BCUT2D eigenvalue weighted by Gasteiger charge is -2.19. The molecule has 1 aromatic heterocycles. The highest BCUT2D eigenvalue weighted by molar-refractivity contribution is 5.94. The molecule has 1 fully saturated rings. The lowest BCUT2D eigenvalue weighted by atomic mass is 10.0. The minimum atomic E-state index is -0.0183. The van der Waals surface area contributed by atoms with E-state index in [4.69, 9.17) is 5.73 Å². The quantitative estimate of drug-likeness (QED) is 0.910. The molecule has 2 atom stereocenters. The standard InChI is InChI=1S/C18H24N4O/c1-12-10-13(2)22(21-12)16-8-6-14(7-9-16)18(23)20-17-5-3-4-15(17)11-19/h6-10,15,17H,3-5,11,19H2,1-2H3,(H,20,23). The van der Waals surface area contributed by atoms with Gasteiger partial charge in [-0.1, -0.05) is 6.42 Å². The first kappa shape index (κ1) is 15.7. The van der Waals surface area contributed by atoms with Gasteiger partial charge in [0.05, 0.1) is 11.4 Å². The molecule has 0 saturated heterocycles. The Morgan fingerprint density at radius 3 is 2.65 bits per heavy atom. The van der Waals surface area contributed by atoms with Gasteiger partial charge in [-0.25, -0.2) is 4.68 Å². The van der Waals surface area contributed by atoms with E-state index in [1.54, 1.807) is 0 Å². The Balaban J connectivity index is 1.72. The number of aryl methyl sites for hydroxylation is 2. The molecule has 0 aliphatic heterocycles. The predicted molar refractivity (Wildman–Crippen MR) is 90.7 cm³/mol. The molecule has 1 aromatic carbocycles.